The first-order chi connectivity index (χ1) is 8.58. The number of benzene rings is 2. The number of anilines is 3. The standard InChI is InChI=1S/C13H12BrN3O/c14-8-3-1-4-9(7-8)17-11-6-2-5-10(12(11)15)13(16)18/h1-7,17H,15H2,(H2,16,18). The number of rotatable bonds is 3. The third-order valence-electron chi connectivity index (χ3n) is 2.48. The number of amides is 1. The molecule has 2 aromatic rings. The van der Waals surface area contributed by atoms with Gasteiger partial charge in [0.05, 0.1) is 16.9 Å². The quantitative estimate of drug-likeness (QED) is 0.763. The van der Waals surface area contributed by atoms with Crippen molar-refractivity contribution in [1.29, 1.82) is 0 Å². The van der Waals surface area contributed by atoms with Crippen LogP contribution in [-0.4, -0.2) is 5.91 Å². The normalized spacial score (nSPS) is 10.1. The topological polar surface area (TPSA) is 81.1 Å². The number of nitrogen functional groups attached to an aromatic ring is 1. The van der Waals surface area contributed by atoms with E-state index in [1.165, 1.54) is 0 Å². The lowest BCUT2D eigenvalue weighted by Gasteiger charge is -2.11. The van der Waals surface area contributed by atoms with E-state index in [1.54, 1.807) is 18.2 Å². The van der Waals surface area contributed by atoms with E-state index in [1.807, 2.05) is 24.3 Å². The van der Waals surface area contributed by atoms with Gasteiger partial charge in [-0.25, -0.2) is 0 Å². The van der Waals surface area contributed by atoms with Crippen molar-refractivity contribution in [3.05, 3.63) is 52.5 Å². The van der Waals surface area contributed by atoms with Crippen LogP contribution in [0.5, 0.6) is 0 Å². The first kappa shape index (κ1) is 12.4. The van der Waals surface area contributed by atoms with E-state index in [0.29, 0.717) is 16.9 Å². The number of para-hydroxylation sites is 1. The number of nitrogens with one attached hydrogen (secondary N) is 1. The van der Waals surface area contributed by atoms with Gasteiger partial charge in [0.1, 0.15) is 0 Å². The molecule has 2 rings (SSSR count). The molecular formula is C13H12BrN3O. The van der Waals surface area contributed by atoms with Gasteiger partial charge >= 0.3 is 0 Å². The molecule has 0 atom stereocenters. The summed E-state index contributed by atoms with van der Waals surface area (Å²) in [6.07, 6.45) is 0. The molecule has 5 heteroatoms. The monoisotopic (exact) mass is 305 g/mol. The zero-order valence-electron chi connectivity index (χ0n) is 9.48. The van der Waals surface area contributed by atoms with Crippen LogP contribution < -0.4 is 16.8 Å². The molecule has 0 aromatic heterocycles. The molecule has 0 saturated carbocycles. The SMILES string of the molecule is NC(=O)c1cccc(Nc2cccc(Br)c2)c1N. The van der Waals surface area contributed by atoms with Gasteiger partial charge in [-0.3, -0.25) is 4.79 Å². The Bertz CT molecular complexity index is 599. The van der Waals surface area contributed by atoms with Crippen LogP contribution >= 0.6 is 15.9 Å². The van der Waals surface area contributed by atoms with Crippen LogP contribution in [-0.2, 0) is 0 Å². The molecule has 1 amide bonds. The second-order valence-electron chi connectivity index (χ2n) is 3.77. The van der Waals surface area contributed by atoms with Gasteiger partial charge < -0.3 is 16.8 Å². The number of nitrogens with two attached hydrogens (primary N) is 2. The molecule has 2 aromatic carbocycles. The smallest absolute Gasteiger partial charge is 0.250 e. The van der Waals surface area contributed by atoms with Gasteiger partial charge in [0.25, 0.3) is 5.91 Å². The molecule has 4 nitrogen and oxygen atoms in total. The van der Waals surface area contributed by atoms with Crippen LogP contribution in [0.2, 0.25) is 0 Å². The van der Waals surface area contributed by atoms with Crippen LogP contribution in [0.4, 0.5) is 17.1 Å². The van der Waals surface area contributed by atoms with Crippen molar-refractivity contribution in [3.8, 4) is 0 Å². The summed E-state index contributed by atoms with van der Waals surface area (Å²) >= 11 is 3.39. The fourth-order valence-electron chi connectivity index (χ4n) is 1.61. The van der Waals surface area contributed by atoms with Crippen LogP contribution in [0.25, 0.3) is 0 Å². The Morgan fingerprint density at radius 2 is 1.89 bits per heavy atom. The highest BCUT2D eigenvalue weighted by molar-refractivity contribution is 9.10. The Hall–Kier alpha value is -2.01. The maximum absolute atomic E-state index is 11.2. The molecule has 0 aliphatic heterocycles. The molecular weight excluding hydrogens is 294 g/mol. The lowest BCUT2D eigenvalue weighted by atomic mass is 10.1. The molecule has 0 bridgehead atoms. The van der Waals surface area contributed by atoms with Crippen molar-refractivity contribution in [2.24, 2.45) is 5.73 Å². The Morgan fingerprint density at radius 3 is 2.56 bits per heavy atom. The Morgan fingerprint density at radius 1 is 1.17 bits per heavy atom. The number of hydrogen-bond acceptors (Lipinski definition) is 3. The number of carbonyl (C=O) groups excluding carboxylic acids is 1. The summed E-state index contributed by atoms with van der Waals surface area (Å²) in [5.74, 6) is -0.537. The van der Waals surface area contributed by atoms with Crippen LogP contribution in [0.3, 0.4) is 0 Å². The second-order valence-corrected chi connectivity index (χ2v) is 4.68. The molecule has 0 heterocycles. The number of halogens is 1. The van der Waals surface area contributed by atoms with Gasteiger partial charge in [0.2, 0.25) is 0 Å². The van der Waals surface area contributed by atoms with Crippen LogP contribution in [0.15, 0.2) is 46.9 Å². The lowest BCUT2D eigenvalue weighted by molar-refractivity contribution is 0.100. The minimum atomic E-state index is -0.537. The average molecular weight is 306 g/mol. The first-order valence-electron chi connectivity index (χ1n) is 5.29. The summed E-state index contributed by atoms with van der Waals surface area (Å²) in [5.41, 5.74) is 13.3. The van der Waals surface area contributed by atoms with E-state index >= 15 is 0 Å². The Kier molecular flexibility index (Phi) is 3.53. The summed E-state index contributed by atoms with van der Waals surface area (Å²) in [6.45, 7) is 0. The van der Waals surface area contributed by atoms with Gasteiger partial charge in [-0.05, 0) is 30.3 Å². The van der Waals surface area contributed by atoms with Crippen LogP contribution in [0.1, 0.15) is 10.4 Å². The van der Waals surface area contributed by atoms with E-state index in [9.17, 15) is 4.79 Å². The Labute approximate surface area is 113 Å². The lowest BCUT2D eigenvalue weighted by Crippen LogP contribution is -2.14. The van der Waals surface area contributed by atoms with E-state index in [2.05, 4.69) is 21.2 Å². The third kappa shape index (κ3) is 2.62. The second kappa shape index (κ2) is 5.10. The molecule has 0 saturated heterocycles. The highest BCUT2D eigenvalue weighted by Crippen LogP contribution is 2.27. The van der Waals surface area contributed by atoms with E-state index in [4.69, 9.17) is 11.5 Å². The van der Waals surface area contributed by atoms with E-state index in [0.717, 1.165) is 10.2 Å². The summed E-state index contributed by atoms with van der Waals surface area (Å²) < 4.78 is 0.956. The fourth-order valence-corrected chi connectivity index (χ4v) is 2.01. The molecule has 18 heavy (non-hydrogen) atoms. The summed E-state index contributed by atoms with van der Waals surface area (Å²) in [4.78, 5) is 11.2. The van der Waals surface area contributed by atoms with Gasteiger partial charge in [0.15, 0.2) is 0 Å². The minimum absolute atomic E-state index is 0.315. The van der Waals surface area contributed by atoms with Crippen molar-refractivity contribution in [2.45, 2.75) is 0 Å². The zero-order chi connectivity index (χ0) is 13.1. The predicted octanol–water partition coefficient (Wildman–Crippen LogP) is 2.87. The third-order valence-corrected chi connectivity index (χ3v) is 2.97. The number of carbonyl (C=O) groups is 1. The molecule has 92 valence electrons. The molecule has 0 aliphatic carbocycles. The van der Waals surface area contributed by atoms with Crippen molar-refractivity contribution in [3.63, 3.8) is 0 Å². The summed E-state index contributed by atoms with van der Waals surface area (Å²) in [5, 5.41) is 3.15. The largest absolute Gasteiger partial charge is 0.396 e. The number of primary amides is 1. The van der Waals surface area contributed by atoms with Gasteiger partial charge in [0, 0.05) is 10.2 Å². The summed E-state index contributed by atoms with van der Waals surface area (Å²) in [6, 6.07) is 12.8. The molecule has 0 spiro atoms. The molecule has 5 N–H and O–H groups in total. The molecule has 0 aliphatic rings. The van der Waals surface area contributed by atoms with E-state index in [-0.39, 0.29) is 0 Å². The zero-order valence-corrected chi connectivity index (χ0v) is 11.1. The summed E-state index contributed by atoms with van der Waals surface area (Å²) in [7, 11) is 0. The predicted molar refractivity (Wildman–Crippen MR) is 76.8 cm³/mol. The van der Waals surface area contributed by atoms with E-state index < -0.39 is 5.91 Å². The number of hydrogen-bond donors (Lipinski definition) is 3. The maximum atomic E-state index is 11.2. The minimum Gasteiger partial charge on any atom is -0.396 e. The highest BCUT2D eigenvalue weighted by atomic mass is 79.9. The molecule has 0 radical (unpaired) electrons. The van der Waals surface area contributed by atoms with Gasteiger partial charge in [-0.1, -0.05) is 28.1 Å². The maximum Gasteiger partial charge on any atom is 0.250 e. The molecule has 0 fully saturated rings. The Balaban J connectivity index is 2.35. The van der Waals surface area contributed by atoms with Crippen molar-refractivity contribution >= 4 is 38.9 Å². The fraction of sp³-hybridized carbons (Fsp3) is 0. The van der Waals surface area contributed by atoms with Crippen LogP contribution in [0, 0.1) is 0 Å². The average Bonchev–Trinajstić information content (AvgIpc) is 2.31. The van der Waals surface area contributed by atoms with Crippen molar-refractivity contribution < 1.29 is 4.79 Å². The first-order valence-corrected chi connectivity index (χ1v) is 6.08. The van der Waals surface area contributed by atoms with Crippen molar-refractivity contribution in [2.75, 3.05) is 11.1 Å². The van der Waals surface area contributed by atoms with Crippen molar-refractivity contribution in [1.82, 2.24) is 0 Å². The van der Waals surface area contributed by atoms with Gasteiger partial charge in [-0.2, -0.15) is 0 Å². The highest BCUT2D eigenvalue weighted by Gasteiger charge is 2.09. The van der Waals surface area contributed by atoms with Gasteiger partial charge in [-0.15, -0.1) is 0 Å². The molecule has 0 unspecified atom stereocenters.